The van der Waals surface area contributed by atoms with E-state index < -0.39 is 0 Å². The van der Waals surface area contributed by atoms with E-state index >= 15 is 0 Å². The fraction of sp³-hybridized carbons (Fsp3) is 0.176. The second-order valence-electron chi connectivity index (χ2n) is 5.17. The van der Waals surface area contributed by atoms with Crippen LogP contribution < -0.4 is 10.2 Å². The first-order valence-corrected chi connectivity index (χ1v) is 7.99. The summed E-state index contributed by atoms with van der Waals surface area (Å²) >= 11 is 12.0. The molecule has 0 saturated carbocycles. The van der Waals surface area contributed by atoms with Crippen LogP contribution in [0.25, 0.3) is 5.76 Å². The minimum absolute atomic E-state index is 0.0988. The fourth-order valence-electron chi connectivity index (χ4n) is 2.30. The SMILES string of the molecule is C=C(O)c1cnc(Nc2cc(Cl)cc(Cl)c2)c(C=N)c1N(C)CC. The van der Waals surface area contributed by atoms with Crippen molar-refractivity contribution in [2.45, 2.75) is 6.92 Å². The molecule has 126 valence electrons. The third kappa shape index (κ3) is 3.80. The molecule has 1 aromatic heterocycles. The Labute approximate surface area is 151 Å². The first kappa shape index (κ1) is 18.1. The summed E-state index contributed by atoms with van der Waals surface area (Å²) in [5.74, 6) is 0.363. The molecule has 0 aliphatic heterocycles. The third-order valence-corrected chi connectivity index (χ3v) is 3.96. The summed E-state index contributed by atoms with van der Waals surface area (Å²) in [6, 6.07) is 5.06. The first-order chi connectivity index (χ1) is 11.4. The van der Waals surface area contributed by atoms with E-state index in [0.717, 1.165) is 0 Å². The van der Waals surface area contributed by atoms with E-state index in [4.69, 9.17) is 28.6 Å². The number of anilines is 3. The monoisotopic (exact) mass is 364 g/mol. The molecule has 1 aromatic carbocycles. The highest BCUT2D eigenvalue weighted by atomic mass is 35.5. The van der Waals surface area contributed by atoms with Crippen molar-refractivity contribution in [3.8, 4) is 0 Å². The Balaban J connectivity index is 2.58. The molecular formula is C17H18Cl2N4O. The lowest BCUT2D eigenvalue weighted by Gasteiger charge is -2.24. The van der Waals surface area contributed by atoms with Gasteiger partial charge in [-0.05, 0) is 25.1 Å². The van der Waals surface area contributed by atoms with Crippen LogP contribution >= 0.6 is 23.2 Å². The molecule has 0 radical (unpaired) electrons. The molecule has 2 rings (SSSR count). The van der Waals surface area contributed by atoms with Crippen LogP contribution in [0.2, 0.25) is 10.0 Å². The Bertz CT molecular complexity index is 772. The van der Waals surface area contributed by atoms with Crippen molar-refractivity contribution in [1.29, 1.82) is 5.41 Å². The number of aliphatic hydroxyl groups excluding tert-OH is 1. The maximum atomic E-state index is 9.83. The van der Waals surface area contributed by atoms with Gasteiger partial charge < -0.3 is 20.7 Å². The summed E-state index contributed by atoms with van der Waals surface area (Å²) in [5, 5.41) is 21.7. The number of aromatic nitrogens is 1. The number of hydrogen-bond acceptors (Lipinski definition) is 5. The normalized spacial score (nSPS) is 10.3. The van der Waals surface area contributed by atoms with Gasteiger partial charge in [0.05, 0.1) is 16.8 Å². The van der Waals surface area contributed by atoms with Crippen LogP contribution in [0.5, 0.6) is 0 Å². The molecule has 24 heavy (non-hydrogen) atoms. The average molecular weight is 365 g/mol. The minimum Gasteiger partial charge on any atom is -0.508 e. The van der Waals surface area contributed by atoms with E-state index in [2.05, 4.69) is 16.9 Å². The van der Waals surface area contributed by atoms with Crippen molar-refractivity contribution >= 4 is 52.4 Å². The number of pyridine rings is 1. The Morgan fingerprint density at radius 3 is 2.50 bits per heavy atom. The van der Waals surface area contributed by atoms with Crippen molar-refractivity contribution in [3.63, 3.8) is 0 Å². The van der Waals surface area contributed by atoms with Gasteiger partial charge in [-0.1, -0.05) is 29.8 Å². The van der Waals surface area contributed by atoms with Crippen molar-refractivity contribution in [1.82, 2.24) is 4.98 Å². The summed E-state index contributed by atoms with van der Waals surface area (Å²) in [6.07, 6.45) is 2.71. The standard InChI is InChI=1S/C17H18Cl2N4O/c1-4-23(3)16-14(8-20)17(21-9-15(16)10(2)24)22-13-6-11(18)5-12(19)7-13/h5-9,20,24H,2,4H2,1,3H3,(H,21,22). The molecule has 0 spiro atoms. The maximum absolute atomic E-state index is 9.83. The van der Waals surface area contributed by atoms with E-state index in [1.165, 1.54) is 12.4 Å². The highest BCUT2D eigenvalue weighted by molar-refractivity contribution is 6.35. The molecule has 7 heteroatoms. The van der Waals surface area contributed by atoms with Gasteiger partial charge in [-0.15, -0.1) is 0 Å². The first-order valence-electron chi connectivity index (χ1n) is 7.23. The Morgan fingerprint density at radius 2 is 2.00 bits per heavy atom. The highest BCUT2D eigenvalue weighted by Crippen LogP contribution is 2.33. The molecule has 0 aliphatic rings. The molecule has 0 unspecified atom stereocenters. The van der Waals surface area contributed by atoms with Crippen LogP contribution in [-0.2, 0) is 0 Å². The quantitative estimate of drug-likeness (QED) is 0.491. The molecule has 0 fully saturated rings. The zero-order valence-electron chi connectivity index (χ0n) is 13.4. The Hall–Kier alpha value is -2.24. The second kappa shape index (κ2) is 7.55. The van der Waals surface area contributed by atoms with Crippen LogP contribution in [0.15, 0.2) is 31.0 Å². The second-order valence-corrected chi connectivity index (χ2v) is 6.04. The van der Waals surface area contributed by atoms with Gasteiger partial charge in [-0.3, -0.25) is 0 Å². The van der Waals surface area contributed by atoms with Crippen molar-refractivity contribution < 1.29 is 5.11 Å². The predicted octanol–water partition coefficient (Wildman–Crippen LogP) is 5.11. The smallest absolute Gasteiger partial charge is 0.141 e. The van der Waals surface area contributed by atoms with E-state index in [1.54, 1.807) is 18.2 Å². The van der Waals surface area contributed by atoms with E-state index in [0.29, 0.717) is 44.9 Å². The van der Waals surface area contributed by atoms with Crippen molar-refractivity contribution in [2.24, 2.45) is 0 Å². The molecule has 5 nitrogen and oxygen atoms in total. The van der Waals surface area contributed by atoms with Crippen LogP contribution in [0.1, 0.15) is 18.1 Å². The number of aliphatic hydroxyl groups is 1. The van der Waals surface area contributed by atoms with Gasteiger partial charge in [0.15, 0.2) is 0 Å². The lowest BCUT2D eigenvalue weighted by atomic mass is 10.1. The van der Waals surface area contributed by atoms with Gasteiger partial charge in [0, 0.05) is 41.7 Å². The van der Waals surface area contributed by atoms with Gasteiger partial charge in [-0.2, -0.15) is 0 Å². The molecular weight excluding hydrogens is 347 g/mol. The Morgan fingerprint density at radius 1 is 1.38 bits per heavy atom. The number of rotatable bonds is 6. The average Bonchev–Trinajstić information content (AvgIpc) is 2.52. The summed E-state index contributed by atoms with van der Waals surface area (Å²) in [5.41, 5.74) is 2.34. The number of benzene rings is 1. The largest absolute Gasteiger partial charge is 0.508 e. The Kier molecular flexibility index (Phi) is 5.70. The molecule has 2 aromatic rings. The van der Waals surface area contributed by atoms with Gasteiger partial charge in [-0.25, -0.2) is 4.98 Å². The van der Waals surface area contributed by atoms with Crippen LogP contribution in [0.4, 0.5) is 17.2 Å². The zero-order valence-corrected chi connectivity index (χ0v) is 14.9. The summed E-state index contributed by atoms with van der Waals surface area (Å²) in [4.78, 5) is 6.22. The van der Waals surface area contributed by atoms with E-state index in [-0.39, 0.29) is 5.76 Å². The lowest BCUT2D eigenvalue weighted by molar-refractivity contribution is 0.513. The van der Waals surface area contributed by atoms with Crippen molar-refractivity contribution in [2.75, 3.05) is 23.8 Å². The van der Waals surface area contributed by atoms with Crippen molar-refractivity contribution in [3.05, 3.63) is 52.1 Å². The predicted molar refractivity (Wildman–Crippen MR) is 102 cm³/mol. The third-order valence-electron chi connectivity index (χ3n) is 3.52. The number of halogens is 2. The summed E-state index contributed by atoms with van der Waals surface area (Å²) in [6.45, 7) is 6.24. The molecule has 0 saturated heterocycles. The molecule has 0 atom stereocenters. The van der Waals surface area contributed by atoms with Gasteiger partial charge >= 0.3 is 0 Å². The number of nitrogens with zero attached hydrogens (tertiary/aromatic N) is 2. The fourth-order valence-corrected chi connectivity index (χ4v) is 2.82. The summed E-state index contributed by atoms with van der Waals surface area (Å²) < 4.78 is 0. The number of hydrogen-bond donors (Lipinski definition) is 3. The van der Waals surface area contributed by atoms with Gasteiger partial charge in [0.1, 0.15) is 11.6 Å². The van der Waals surface area contributed by atoms with Crippen LogP contribution in [0, 0.1) is 5.41 Å². The molecule has 3 N–H and O–H groups in total. The lowest BCUT2D eigenvalue weighted by Crippen LogP contribution is -2.20. The summed E-state index contributed by atoms with van der Waals surface area (Å²) in [7, 11) is 1.87. The van der Waals surface area contributed by atoms with E-state index in [1.807, 2.05) is 18.9 Å². The molecule has 1 heterocycles. The molecule has 0 amide bonds. The van der Waals surface area contributed by atoms with Crippen LogP contribution in [-0.4, -0.2) is 29.9 Å². The zero-order chi connectivity index (χ0) is 17.9. The topological polar surface area (TPSA) is 72.2 Å². The minimum atomic E-state index is -0.0988. The highest BCUT2D eigenvalue weighted by Gasteiger charge is 2.18. The maximum Gasteiger partial charge on any atom is 0.141 e. The van der Waals surface area contributed by atoms with Gasteiger partial charge in [0.2, 0.25) is 0 Å². The molecule has 0 aliphatic carbocycles. The van der Waals surface area contributed by atoms with Crippen LogP contribution in [0.3, 0.4) is 0 Å². The van der Waals surface area contributed by atoms with Gasteiger partial charge in [0.25, 0.3) is 0 Å². The van der Waals surface area contributed by atoms with E-state index in [9.17, 15) is 5.11 Å². The molecule has 0 bridgehead atoms. The number of nitrogens with one attached hydrogen (secondary N) is 2.